The third-order valence-corrected chi connectivity index (χ3v) is 7.57. The zero-order chi connectivity index (χ0) is 25.0. The lowest BCUT2D eigenvalue weighted by molar-refractivity contribution is -0.166. The second kappa shape index (κ2) is 10.5. The van der Waals surface area contributed by atoms with Gasteiger partial charge in [0.2, 0.25) is 5.91 Å². The summed E-state index contributed by atoms with van der Waals surface area (Å²) in [5.74, 6) is -0.528. The lowest BCUT2D eigenvalue weighted by Gasteiger charge is -2.46. The second-order valence-electron chi connectivity index (χ2n) is 9.87. The van der Waals surface area contributed by atoms with E-state index >= 15 is 0 Å². The molecule has 0 saturated carbocycles. The van der Waals surface area contributed by atoms with Crippen molar-refractivity contribution in [2.75, 3.05) is 26.2 Å². The van der Waals surface area contributed by atoms with E-state index in [-0.39, 0.29) is 24.3 Å². The number of hydrogen-bond donors (Lipinski definition) is 2. The normalized spacial score (nSPS) is 16.6. The molecule has 1 aliphatic heterocycles. The molecule has 2 aliphatic rings. The first-order valence-corrected chi connectivity index (χ1v) is 12.4. The number of alkyl carbamates (subject to hydrolysis) is 1. The van der Waals surface area contributed by atoms with Crippen molar-refractivity contribution in [2.24, 2.45) is 11.3 Å². The first-order chi connectivity index (χ1) is 16.8. The summed E-state index contributed by atoms with van der Waals surface area (Å²) in [6.45, 7) is 5.27. The molecule has 4 rings (SSSR count). The van der Waals surface area contributed by atoms with E-state index in [0.717, 1.165) is 6.42 Å². The summed E-state index contributed by atoms with van der Waals surface area (Å²) in [5.41, 5.74) is 3.99. The fourth-order valence-corrected chi connectivity index (χ4v) is 5.11. The van der Waals surface area contributed by atoms with E-state index in [2.05, 4.69) is 36.5 Å². The van der Waals surface area contributed by atoms with Gasteiger partial charge in [-0.2, -0.15) is 0 Å². The van der Waals surface area contributed by atoms with Crippen LogP contribution in [0.15, 0.2) is 48.5 Å². The van der Waals surface area contributed by atoms with Gasteiger partial charge in [-0.15, -0.1) is 0 Å². The first-order valence-electron chi connectivity index (χ1n) is 12.4. The van der Waals surface area contributed by atoms with Gasteiger partial charge in [0.1, 0.15) is 12.0 Å². The quantitative estimate of drug-likeness (QED) is 0.518. The van der Waals surface area contributed by atoms with Crippen LogP contribution in [-0.4, -0.2) is 54.2 Å². The molecule has 35 heavy (non-hydrogen) atoms. The average Bonchev–Trinajstić information content (AvgIpc) is 3.14. The van der Waals surface area contributed by atoms with Crippen LogP contribution in [0.25, 0.3) is 11.1 Å². The molecule has 0 radical (unpaired) electrons. The Balaban J connectivity index is 1.15. The Kier molecular flexibility index (Phi) is 7.43. The van der Waals surface area contributed by atoms with Crippen molar-refractivity contribution in [3.63, 3.8) is 0 Å². The molecule has 2 amide bonds. The monoisotopic (exact) mass is 478 g/mol. The predicted octanol–water partition coefficient (Wildman–Crippen LogP) is 4.65. The van der Waals surface area contributed by atoms with Gasteiger partial charge in [-0.1, -0.05) is 62.4 Å². The van der Waals surface area contributed by atoms with Crippen LogP contribution in [0.2, 0.25) is 0 Å². The van der Waals surface area contributed by atoms with Crippen LogP contribution >= 0.6 is 0 Å². The Hall–Kier alpha value is -3.35. The highest BCUT2D eigenvalue weighted by Crippen LogP contribution is 2.44. The summed E-state index contributed by atoms with van der Waals surface area (Å²) < 4.78 is 5.56. The van der Waals surface area contributed by atoms with Crippen LogP contribution in [0.1, 0.15) is 56.6 Å². The maximum atomic E-state index is 12.4. The van der Waals surface area contributed by atoms with Crippen molar-refractivity contribution in [2.45, 2.75) is 45.4 Å². The number of benzene rings is 2. The number of carboxylic acids is 1. The molecule has 1 heterocycles. The number of fused-ring (bicyclic) bond motifs is 3. The summed E-state index contributed by atoms with van der Waals surface area (Å²) in [6, 6.07) is 16.5. The molecule has 0 aromatic heterocycles. The highest BCUT2D eigenvalue weighted by molar-refractivity contribution is 5.83. The molecule has 1 atom stereocenters. The molecule has 2 aromatic rings. The lowest BCUT2D eigenvalue weighted by Crippen LogP contribution is -2.61. The molecule has 7 nitrogen and oxygen atoms in total. The molecule has 2 N–H and O–H groups in total. The fraction of sp³-hybridized carbons (Fsp3) is 0.464. The number of aliphatic carboxylic acids is 1. The van der Waals surface area contributed by atoms with E-state index < -0.39 is 17.5 Å². The van der Waals surface area contributed by atoms with Gasteiger partial charge >= 0.3 is 12.1 Å². The predicted molar refractivity (Wildman–Crippen MR) is 133 cm³/mol. The topological polar surface area (TPSA) is 95.9 Å². The molecule has 0 spiro atoms. The van der Waals surface area contributed by atoms with E-state index in [1.807, 2.05) is 31.2 Å². The summed E-state index contributed by atoms with van der Waals surface area (Å²) in [6.07, 6.45) is 1.94. The van der Waals surface area contributed by atoms with E-state index in [4.69, 9.17) is 4.74 Å². The van der Waals surface area contributed by atoms with Crippen LogP contribution in [0.3, 0.4) is 0 Å². The third kappa shape index (κ3) is 5.19. The zero-order valence-electron chi connectivity index (χ0n) is 20.5. The third-order valence-electron chi connectivity index (χ3n) is 7.57. The number of carbonyl (C=O) groups excluding carboxylic acids is 2. The second-order valence-corrected chi connectivity index (χ2v) is 9.87. The maximum absolute atomic E-state index is 12.4. The number of hydrogen-bond acceptors (Lipinski definition) is 4. The average molecular weight is 479 g/mol. The lowest BCUT2D eigenvalue weighted by atomic mass is 9.77. The van der Waals surface area contributed by atoms with Crippen molar-refractivity contribution in [3.05, 3.63) is 59.7 Å². The number of ether oxygens (including phenoxy) is 1. The zero-order valence-corrected chi connectivity index (χ0v) is 20.5. The van der Waals surface area contributed by atoms with E-state index in [1.165, 1.54) is 22.3 Å². The molecule has 186 valence electrons. The highest BCUT2D eigenvalue weighted by atomic mass is 16.5. The number of amides is 2. The largest absolute Gasteiger partial charge is 0.481 e. The maximum Gasteiger partial charge on any atom is 0.407 e. The standard InChI is InChI=1S/C28H34N2O5/c1-3-28(26(32)33)17-30(18-28)25(31)13-12-19(2)14-15-29-27(34)35-16-24-22-10-6-4-8-20(22)21-9-5-7-11-23(21)24/h4-11,19,24H,3,12-18H2,1-2H3,(H,29,34)(H,32,33). The smallest absolute Gasteiger partial charge is 0.407 e. The number of carboxylic acid groups (broad SMARTS) is 1. The van der Waals surface area contributed by atoms with Gasteiger partial charge in [-0.3, -0.25) is 9.59 Å². The van der Waals surface area contributed by atoms with Crippen LogP contribution in [-0.2, 0) is 14.3 Å². The molecular weight excluding hydrogens is 444 g/mol. The Morgan fingerprint density at radius 2 is 1.66 bits per heavy atom. The summed E-state index contributed by atoms with van der Waals surface area (Å²) in [4.78, 5) is 37.7. The number of carbonyl (C=O) groups is 3. The highest BCUT2D eigenvalue weighted by Gasteiger charge is 2.49. The van der Waals surface area contributed by atoms with E-state index in [1.54, 1.807) is 4.90 Å². The van der Waals surface area contributed by atoms with Gasteiger partial charge < -0.3 is 20.1 Å². The molecule has 1 fully saturated rings. The van der Waals surface area contributed by atoms with Crippen molar-refractivity contribution < 1.29 is 24.2 Å². The Bertz CT molecular complexity index is 1050. The minimum Gasteiger partial charge on any atom is -0.481 e. The number of nitrogens with one attached hydrogen (secondary N) is 1. The van der Waals surface area contributed by atoms with Crippen molar-refractivity contribution in [3.8, 4) is 11.1 Å². The summed E-state index contributed by atoms with van der Waals surface area (Å²) >= 11 is 0. The molecule has 7 heteroatoms. The van der Waals surface area contributed by atoms with Gasteiger partial charge in [0, 0.05) is 32.0 Å². The molecule has 2 aromatic carbocycles. The molecule has 0 bridgehead atoms. The Morgan fingerprint density at radius 1 is 1.06 bits per heavy atom. The van der Waals surface area contributed by atoms with Crippen LogP contribution in [0.5, 0.6) is 0 Å². The van der Waals surface area contributed by atoms with Crippen molar-refractivity contribution in [1.82, 2.24) is 10.2 Å². The number of likely N-dealkylation sites (tertiary alicyclic amines) is 1. The van der Waals surface area contributed by atoms with Gasteiger partial charge in [0.05, 0.1) is 0 Å². The minimum atomic E-state index is -0.822. The van der Waals surface area contributed by atoms with Gasteiger partial charge in [-0.25, -0.2) is 4.79 Å². The van der Waals surface area contributed by atoms with Gasteiger partial charge in [0.15, 0.2) is 0 Å². The molecule has 1 aliphatic carbocycles. The van der Waals surface area contributed by atoms with Gasteiger partial charge in [-0.05, 0) is 47.4 Å². The summed E-state index contributed by atoms with van der Waals surface area (Å²) in [5, 5.41) is 12.2. The van der Waals surface area contributed by atoms with E-state index in [0.29, 0.717) is 38.9 Å². The summed E-state index contributed by atoms with van der Waals surface area (Å²) in [7, 11) is 0. The van der Waals surface area contributed by atoms with E-state index in [9.17, 15) is 19.5 Å². The van der Waals surface area contributed by atoms with Crippen LogP contribution in [0.4, 0.5) is 4.79 Å². The molecular formula is C28H34N2O5. The Morgan fingerprint density at radius 3 is 2.23 bits per heavy atom. The molecule has 1 saturated heterocycles. The van der Waals surface area contributed by atoms with Crippen LogP contribution in [0, 0.1) is 11.3 Å². The minimum absolute atomic E-state index is 0.00618. The van der Waals surface area contributed by atoms with Crippen molar-refractivity contribution >= 4 is 18.0 Å². The van der Waals surface area contributed by atoms with Crippen LogP contribution < -0.4 is 5.32 Å². The van der Waals surface area contributed by atoms with Gasteiger partial charge in [0.25, 0.3) is 0 Å². The first kappa shape index (κ1) is 24.8. The Labute approximate surface area is 206 Å². The fourth-order valence-electron chi connectivity index (χ4n) is 5.11. The number of nitrogens with zero attached hydrogens (tertiary/aromatic N) is 1. The van der Waals surface area contributed by atoms with Crippen molar-refractivity contribution in [1.29, 1.82) is 0 Å². The number of rotatable bonds is 10. The molecule has 1 unspecified atom stereocenters. The SMILES string of the molecule is CCC1(C(=O)O)CN(C(=O)CCC(C)CCNC(=O)OCC2c3ccccc3-c3ccccc32)C1.